The molecule has 134 valence electrons. The first-order valence-corrected chi connectivity index (χ1v) is 9.64. The monoisotopic (exact) mass is 347 g/mol. The molecule has 3 aliphatic heterocycles. The van der Waals surface area contributed by atoms with Crippen LogP contribution in [0.15, 0.2) is 48.5 Å². The Balaban J connectivity index is 1.28. The second-order valence-corrected chi connectivity index (χ2v) is 8.08. The van der Waals surface area contributed by atoms with Crippen molar-refractivity contribution in [3.05, 3.63) is 65.2 Å². The van der Waals surface area contributed by atoms with Gasteiger partial charge in [-0.25, -0.2) is 0 Å². The van der Waals surface area contributed by atoms with Gasteiger partial charge < -0.3 is 15.1 Å². The van der Waals surface area contributed by atoms with Crippen molar-refractivity contribution in [2.24, 2.45) is 5.41 Å². The third-order valence-corrected chi connectivity index (χ3v) is 6.38. The molecule has 26 heavy (non-hydrogen) atoms. The van der Waals surface area contributed by atoms with E-state index in [2.05, 4.69) is 46.6 Å². The molecule has 0 aliphatic carbocycles. The number of anilines is 1. The molecular formula is C22H25N3O. The number of hydrogen-bond donors (Lipinski definition) is 1. The van der Waals surface area contributed by atoms with Crippen LogP contribution in [-0.2, 0) is 13.1 Å². The summed E-state index contributed by atoms with van der Waals surface area (Å²) in [5.74, 6) is 0.185. The molecule has 4 heteroatoms. The van der Waals surface area contributed by atoms with Gasteiger partial charge in [-0.3, -0.25) is 4.79 Å². The van der Waals surface area contributed by atoms with Crippen LogP contribution >= 0.6 is 0 Å². The molecule has 0 radical (unpaired) electrons. The summed E-state index contributed by atoms with van der Waals surface area (Å²) < 4.78 is 0. The molecule has 2 saturated heterocycles. The number of rotatable bonds is 2. The lowest BCUT2D eigenvalue weighted by Gasteiger charge is -2.23. The van der Waals surface area contributed by atoms with E-state index in [4.69, 9.17) is 0 Å². The summed E-state index contributed by atoms with van der Waals surface area (Å²) >= 11 is 0. The SMILES string of the molecule is O=C(c1ccc(N2Cc3ccccc3C2)cc1)N1CCC2(CCNC2)C1. The number of fused-ring (bicyclic) bond motifs is 1. The average Bonchev–Trinajstić information content (AvgIpc) is 3.42. The van der Waals surface area contributed by atoms with Crippen LogP contribution in [0, 0.1) is 5.41 Å². The van der Waals surface area contributed by atoms with Crippen molar-refractivity contribution in [3.63, 3.8) is 0 Å². The van der Waals surface area contributed by atoms with Crippen molar-refractivity contribution >= 4 is 11.6 Å². The van der Waals surface area contributed by atoms with Crippen LogP contribution in [0.1, 0.15) is 34.3 Å². The Bertz CT molecular complexity index is 799. The Morgan fingerprint density at radius 2 is 1.69 bits per heavy atom. The molecule has 2 fully saturated rings. The van der Waals surface area contributed by atoms with Crippen molar-refractivity contribution in [3.8, 4) is 0 Å². The molecule has 1 amide bonds. The van der Waals surface area contributed by atoms with E-state index in [1.54, 1.807) is 0 Å². The molecule has 3 aliphatic rings. The molecule has 0 bridgehead atoms. The Kier molecular flexibility index (Phi) is 3.75. The topological polar surface area (TPSA) is 35.6 Å². The lowest BCUT2D eigenvalue weighted by molar-refractivity contribution is 0.0776. The normalized spacial score (nSPS) is 24.5. The fraction of sp³-hybridized carbons (Fsp3) is 0.409. The van der Waals surface area contributed by atoms with Crippen LogP contribution in [0.3, 0.4) is 0 Å². The molecule has 5 rings (SSSR count). The first-order valence-electron chi connectivity index (χ1n) is 9.64. The van der Waals surface area contributed by atoms with E-state index in [0.717, 1.165) is 51.3 Å². The number of carbonyl (C=O) groups excluding carboxylic acids is 1. The maximum Gasteiger partial charge on any atom is 0.253 e. The van der Waals surface area contributed by atoms with Gasteiger partial charge in [-0.15, -0.1) is 0 Å². The zero-order chi connectivity index (χ0) is 17.6. The van der Waals surface area contributed by atoms with Crippen molar-refractivity contribution < 1.29 is 4.79 Å². The van der Waals surface area contributed by atoms with E-state index in [1.165, 1.54) is 23.2 Å². The second kappa shape index (κ2) is 6.13. The van der Waals surface area contributed by atoms with Crippen LogP contribution in [0.2, 0.25) is 0 Å². The van der Waals surface area contributed by atoms with Crippen molar-refractivity contribution in [2.75, 3.05) is 31.1 Å². The van der Waals surface area contributed by atoms with E-state index in [0.29, 0.717) is 5.41 Å². The molecule has 3 heterocycles. The van der Waals surface area contributed by atoms with Gasteiger partial charge in [0, 0.05) is 49.4 Å². The van der Waals surface area contributed by atoms with Crippen LogP contribution < -0.4 is 10.2 Å². The summed E-state index contributed by atoms with van der Waals surface area (Å²) in [4.78, 5) is 17.3. The van der Waals surface area contributed by atoms with Gasteiger partial charge in [0.2, 0.25) is 0 Å². The third kappa shape index (κ3) is 2.69. The molecule has 0 aromatic heterocycles. The Morgan fingerprint density at radius 1 is 0.962 bits per heavy atom. The molecule has 4 nitrogen and oxygen atoms in total. The highest BCUT2D eigenvalue weighted by molar-refractivity contribution is 5.94. The van der Waals surface area contributed by atoms with Crippen LogP contribution in [0.4, 0.5) is 5.69 Å². The summed E-state index contributed by atoms with van der Waals surface area (Å²) in [5, 5.41) is 3.46. The maximum atomic E-state index is 12.9. The zero-order valence-electron chi connectivity index (χ0n) is 15.1. The van der Waals surface area contributed by atoms with Crippen LogP contribution in [0.25, 0.3) is 0 Å². The minimum absolute atomic E-state index is 0.185. The largest absolute Gasteiger partial charge is 0.363 e. The maximum absolute atomic E-state index is 12.9. The van der Waals surface area contributed by atoms with Gasteiger partial charge >= 0.3 is 0 Å². The van der Waals surface area contributed by atoms with Gasteiger partial charge in [-0.2, -0.15) is 0 Å². The Labute approximate surface area is 154 Å². The minimum Gasteiger partial charge on any atom is -0.363 e. The Hall–Kier alpha value is -2.33. The van der Waals surface area contributed by atoms with E-state index in [1.807, 2.05) is 17.0 Å². The molecule has 0 saturated carbocycles. The zero-order valence-corrected chi connectivity index (χ0v) is 15.1. The summed E-state index contributed by atoms with van der Waals surface area (Å²) in [6.45, 7) is 5.85. The van der Waals surface area contributed by atoms with Gasteiger partial charge in [0.15, 0.2) is 0 Å². The first kappa shape index (κ1) is 15.9. The molecule has 2 aromatic carbocycles. The van der Waals surface area contributed by atoms with E-state index in [-0.39, 0.29) is 5.91 Å². The van der Waals surface area contributed by atoms with Gasteiger partial charge in [0.25, 0.3) is 5.91 Å². The number of amides is 1. The molecule has 1 atom stereocenters. The Morgan fingerprint density at radius 3 is 2.35 bits per heavy atom. The lowest BCUT2D eigenvalue weighted by Crippen LogP contribution is -2.33. The number of hydrogen-bond acceptors (Lipinski definition) is 3. The second-order valence-electron chi connectivity index (χ2n) is 8.08. The number of carbonyl (C=O) groups is 1. The summed E-state index contributed by atoms with van der Waals surface area (Å²) in [6, 6.07) is 16.8. The molecule has 1 spiro atoms. The van der Waals surface area contributed by atoms with Crippen LogP contribution in [0.5, 0.6) is 0 Å². The summed E-state index contributed by atoms with van der Waals surface area (Å²) in [5.41, 5.74) is 5.14. The number of nitrogens with one attached hydrogen (secondary N) is 1. The van der Waals surface area contributed by atoms with Gasteiger partial charge in [-0.05, 0) is 54.8 Å². The fourth-order valence-corrected chi connectivity index (χ4v) is 4.77. The van der Waals surface area contributed by atoms with Crippen LogP contribution in [-0.4, -0.2) is 37.0 Å². The average molecular weight is 347 g/mol. The van der Waals surface area contributed by atoms with E-state index < -0.39 is 0 Å². The van der Waals surface area contributed by atoms with Gasteiger partial charge in [0.05, 0.1) is 0 Å². The molecular weight excluding hydrogens is 322 g/mol. The van der Waals surface area contributed by atoms with E-state index in [9.17, 15) is 4.79 Å². The van der Waals surface area contributed by atoms with Crippen molar-refractivity contribution in [2.45, 2.75) is 25.9 Å². The van der Waals surface area contributed by atoms with Gasteiger partial charge in [0.1, 0.15) is 0 Å². The smallest absolute Gasteiger partial charge is 0.253 e. The first-order chi connectivity index (χ1) is 12.7. The highest BCUT2D eigenvalue weighted by Crippen LogP contribution is 2.36. The lowest BCUT2D eigenvalue weighted by atomic mass is 9.86. The molecule has 1 N–H and O–H groups in total. The number of benzene rings is 2. The molecule has 1 unspecified atom stereocenters. The fourth-order valence-electron chi connectivity index (χ4n) is 4.77. The van der Waals surface area contributed by atoms with Crippen molar-refractivity contribution in [1.82, 2.24) is 10.2 Å². The summed E-state index contributed by atoms with van der Waals surface area (Å²) in [6.07, 6.45) is 2.33. The standard InChI is InChI=1S/C22H25N3O/c26-21(24-12-10-22(16-24)9-11-23-15-22)17-5-7-20(8-6-17)25-13-18-3-1-2-4-19(18)14-25/h1-8,23H,9-16H2. The predicted octanol–water partition coefficient (Wildman–Crippen LogP) is 3.03. The predicted molar refractivity (Wildman–Crippen MR) is 103 cm³/mol. The molecule has 2 aromatic rings. The highest BCUT2D eigenvalue weighted by Gasteiger charge is 2.41. The third-order valence-electron chi connectivity index (χ3n) is 6.38. The van der Waals surface area contributed by atoms with Gasteiger partial charge in [-0.1, -0.05) is 24.3 Å². The quantitative estimate of drug-likeness (QED) is 0.907. The highest BCUT2D eigenvalue weighted by atomic mass is 16.2. The van der Waals surface area contributed by atoms with Crippen molar-refractivity contribution in [1.29, 1.82) is 0 Å². The minimum atomic E-state index is 0.185. The summed E-state index contributed by atoms with van der Waals surface area (Å²) in [7, 11) is 0. The van der Waals surface area contributed by atoms with E-state index >= 15 is 0 Å². The number of likely N-dealkylation sites (tertiary alicyclic amines) is 1. The number of nitrogens with zero attached hydrogens (tertiary/aromatic N) is 2.